The third-order valence-electron chi connectivity index (χ3n) is 4.28. The van der Waals surface area contributed by atoms with Gasteiger partial charge < -0.3 is 19.9 Å². The lowest BCUT2D eigenvalue weighted by atomic mass is 10.1. The fourth-order valence-electron chi connectivity index (χ4n) is 3.29. The smallest absolute Gasteiger partial charge is 0.167 e. The van der Waals surface area contributed by atoms with Gasteiger partial charge in [-0.05, 0) is 13.8 Å². The van der Waals surface area contributed by atoms with Gasteiger partial charge in [-0.15, -0.1) is 0 Å². The Morgan fingerprint density at radius 1 is 1.16 bits per heavy atom. The van der Waals surface area contributed by atoms with Gasteiger partial charge in [0, 0.05) is 0 Å². The maximum Gasteiger partial charge on any atom is 0.167 e. The molecule has 0 spiro atoms. The van der Waals surface area contributed by atoms with E-state index in [0.29, 0.717) is 17.0 Å². The number of nitrogens with zero attached hydrogens (tertiary/aromatic N) is 4. The first kappa shape index (κ1) is 18.1. The Morgan fingerprint density at radius 3 is 2.60 bits per heavy atom. The van der Waals surface area contributed by atoms with Crippen LogP contribution in [0.2, 0.25) is 0 Å². The van der Waals surface area contributed by atoms with Crippen molar-refractivity contribution in [1.29, 1.82) is 0 Å². The summed E-state index contributed by atoms with van der Waals surface area (Å²) in [5.74, 6) is -0.362. The highest BCUT2D eigenvalue weighted by molar-refractivity contribution is 9.25. The van der Waals surface area contributed by atoms with E-state index in [2.05, 4.69) is 62.7 Å². The summed E-state index contributed by atoms with van der Waals surface area (Å²) in [6, 6.07) is 0. The molecule has 0 aliphatic carbocycles. The molecule has 8 nitrogen and oxygen atoms in total. The maximum atomic E-state index is 6.30. The quantitative estimate of drug-likeness (QED) is 0.597. The highest BCUT2D eigenvalue weighted by atomic mass is 79.9. The van der Waals surface area contributed by atoms with Crippen LogP contribution < -0.4 is 5.73 Å². The molecular formula is C14H16Br3N5O3. The number of anilines is 1. The van der Waals surface area contributed by atoms with Gasteiger partial charge in [-0.25, -0.2) is 15.0 Å². The molecule has 2 aliphatic rings. The second-order valence-corrected chi connectivity index (χ2v) is 10.7. The number of nitrogen functional groups attached to an aromatic ring is 1. The van der Waals surface area contributed by atoms with E-state index in [-0.39, 0.29) is 26.9 Å². The van der Waals surface area contributed by atoms with Crippen molar-refractivity contribution >= 4 is 64.8 Å². The molecule has 0 amide bonds. The number of halogens is 3. The number of alkyl halides is 3. The van der Waals surface area contributed by atoms with Crippen LogP contribution in [0.25, 0.3) is 11.2 Å². The minimum atomic E-state index is -0.694. The summed E-state index contributed by atoms with van der Waals surface area (Å²) in [5, 5.41) is 0. The van der Waals surface area contributed by atoms with E-state index in [1.807, 2.05) is 18.4 Å². The van der Waals surface area contributed by atoms with Gasteiger partial charge in [0.2, 0.25) is 0 Å². The Bertz CT molecular complexity index is 801. The molecule has 1 unspecified atom stereocenters. The van der Waals surface area contributed by atoms with Crippen molar-refractivity contribution in [1.82, 2.24) is 19.5 Å². The fraction of sp³-hybridized carbons (Fsp3) is 0.643. The van der Waals surface area contributed by atoms with Crippen molar-refractivity contribution in [3.63, 3.8) is 0 Å². The van der Waals surface area contributed by atoms with Crippen molar-refractivity contribution in [2.24, 2.45) is 0 Å². The normalized spacial score (nSPS) is 32.4. The molecule has 4 heterocycles. The average Bonchev–Trinajstić information content (AvgIpc) is 3.17. The summed E-state index contributed by atoms with van der Waals surface area (Å²) in [6.07, 6.45) is 1.85. The summed E-state index contributed by atoms with van der Waals surface area (Å²) in [7, 11) is 0. The lowest BCUT2D eigenvalue weighted by Crippen LogP contribution is -2.38. The monoisotopic (exact) mass is 539 g/mol. The molecule has 11 heteroatoms. The zero-order chi connectivity index (χ0) is 17.9. The Hall–Kier alpha value is -0.330. The van der Waals surface area contributed by atoms with E-state index in [0.717, 1.165) is 0 Å². The molecule has 2 fully saturated rings. The van der Waals surface area contributed by atoms with Crippen LogP contribution in [0.15, 0.2) is 12.7 Å². The predicted octanol–water partition coefficient (Wildman–Crippen LogP) is 2.71. The number of ether oxygens (including phenoxy) is 3. The van der Waals surface area contributed by atoms with Crippen molar-refractivity contribution in [2.75, 3.05) is 5.73 Å². The molecule has 5 atom stereocenters. The van der Waals surface area contributed by atoms with E-state index >= 15 is 0 Å². The van der Waals surface area contributed by atoms with Gasteiger partial charge in [-0.2, -0.15) is 0 Å². The van der Waals surface area contributed by atoms with Crippen LogP contribution in [0, 0.1) is 0 Å². The number of hydrogen-bond acceptors (Lipinski definition) is 7. The van der Waals surface area contributed by atoms with E-state index < -0.39 is 12.0 Å². The van der Waals surface area contributed by atoms with Crippen LogP contribution in [0.3, 0.4) is 0 Å². The number of hydrogen-bond donors (Lipinski definition) is 1. The molecule has 25 heavy (non-hydrogen) atoms. The predicted molar refractivity (Wildman–Crippen MR) is 102 cm³/mol. The second-order valence-electron chi connectivity index (χ2n) is 6.42. The van der Waals surface area contributed by atoms with Gasteiger partial charge in [0.15, 0.2) is 23.5 Å². The molecule has 0 radical (unpaired) electrons. The van der Waals surface area contributed by atoms with Gasteiger partial charge in [0.25, 0.3) is 0 Å². The van der Waals surface area contributed by atoms with Gasteiger partial charge in [0.05, 0.1) is 14.9 Å². The fourth-order valence-corrected chi connectivity index (χ4v) is 4.31. The second kappa shape index (κ2) is 6.38. The topological polar surface area (TPSA) is 97.3 Å². The van der Waals surface area contributed by atoms with Gasteiger partial charge in [-0.1, -0.05) is 47.8 Å². The lowest BCUT2D eigenvalue weighted by molar-refractivity contribution is -0.195. The standard InChI is InChI=1S/C14H16Br3N5O3/c1-14(2)24-8-7(5(15)10(16)17)23-13(9(8)25-14)22-4-21-6-11(18)19-3-20-12(6)22/h3-5,7-10,13H,1-2H3,(H2,18,19,20)/t5?,7-,8-,9-,13-/m1/s1. The highest BCUT2D eigenvalue weighted by Gasteiger charge is 2.58. The van der Waals surface area contributed by atoms with Crippen LogP contribution in [0.5, 0.6) is 0 Å². The molecule has 2 N–H and O–H groups in total. The molecule has 2 aromatic rings. The van der Waals surface area contributed by atoms with Crippen LogP contribution in [-0.4, -0.2) is 52.2 Å². The highest BCUT2D eigenvalue weighted by Crippen LogP contribution is 2.47. The summed E-state index contributed by atoms with van der Waals surface area (Å²) in [6.45, 7) is 3.79. The molecular weight excluding hydrogens is 526 g/mol. The molecule has 2 saturated heterocycles. The zero-order valence-electron chi connectivity index (χ0n) is 13.3. The number of rotatable bonds is 3. The minimum absolute atomic E-state index is 0.00853. The van der Waals surface area contributed by atoms with Crippen LogP contribution in [-0.2, 0) is 14.2 Å². The van der Waals surface area contributed by atoms with Crippen molar-refractivity contribution in [3.05, 3.63) is 12.7 Å². The first-order valence-corrected chi connectivity index (χ1v) is 10.4. The molecule has 4 rings (SSSR count). The molecule has 0 bridgehead atoms. The molecule has 0 saturated carbocycles. The van der Waals surface area contributed by atoms with E-state index in [1.54, 1.807) is 6.33 Å². The minimum Gasteiger partial charge on any atom is -0.382 e. The zero-order valence-corrected chi connectivity index (χ0v) is 18.1. The molecule has 136 valence electrons. The Balaban J connectivity index is 1.75. The SMILES string of the molecule is CC1(C)O[C@@H]2[C@H](O1)[C@@H](C(Br)C(Br)Br)O[C@H]2n1cnc2c(N)ncnc21. The van der Waals surface area contributed by atoms with Crippen LogP contribution in [0.1, 0.15) is 20.1 Å². The van der Waals surface area contributed by atoms with E-state index in [4.69, 9.17) is 19.9 Å². The van der Waals surface area contributed by atoms with Gasteiger partial charge in [-0.3, -0.25) is 4.57 Å². The number of fused-ring (bicyclic) bond motifs is 2. The van der Waals surface area contributed by atoms with Crippen LogP contribution in [0.4, 0.5) is 5.82 Å². The van der Waals surface area contributed by atoms with Crippen molar-refractivity contribution in [2.45, 2.75) is 52.7 Å². The summed E-state index contributed by atoms with van der Waals surface area (Å²) in [5.41, 5.74) is 7.03. The number of nitrogens with two attached hydrogens (primary N) is 1. The molecule has 2 aliphatic heterocycles. The Labute approximate surface area is 169 Å². The van der Waals surface area contributed by atoms with E-state index in [9.17, 15) is 0 Å². The van der Waals surface area contributed by atoms with Crippen molar-refractivity contribution in [3.8, 4) is 0 Å². The number of imidazole rings is 1. The largest absolute Gasteiger partial charge is 0.382 e. The van der Waals surface area contributed by atoms with Crippen LogP contribution >= 0.6 is 47.8 Å². The van der Waals surface area contributed by atoms with Gasteiger partial charge >= 0.3 is 0 Å². The average molecular weight is 542 g/mol. The molecule has 2 aromatic heterocycles. The third kappa shape index (κ3) is 3.02. The lowest BCUT2D eigenvalue weighted by Gasteiger charge is -2.27. The third-order valence-corrected chi connectivity index (χ3v) is 7.89. The summed E-state index contributed by atoms with van der Waals surface area (Å²) in [4.78, 5) is 12.6. The first-order valence-electron chi connectivity index (χ1n) is 7.65. The number of aromatic nitrogens is 4. The molecule has 0 aromatic carbocycles. The summed E-state index contributed by atoms with van der Waals surface area (Å²) < 4.78 is 20.4. The summed E-state index contributed by atoms with van der Waals surface area (Å²) >= 11 is 10.7. The Kier molecular flexibility index (Phi) is 4.61. The maximum absolute atomic E-state index is 6.30. The Morgan fingerprint density at radius 2 is 1.88 bits per heavy atom. The first-order chi connectivity index (χ1) is 11.8. The van der Waals surface area contributed by atoms with Crippen molar-refractivity contribution < 1.29 is 14.2 Å². The van der Waals surface area contributed by atoms with E-state index in [1.165, 1.54) is 6.33 Å². The van der Waals surface area contributed by atoms with Gasteiger partial charge in [0.1, 0.15) is 30.2 Å².